The number of hydrogen-bond donors (Lipinski definition) is 1. The molecule has 210 valence electrons. The maximum Gasteiger partial charge on any atom is 0.304 e. The fraction of sp³-hybridized carbons (Fsp3) is 0.367. The number of thioether (sulfide) groups is 1. The summed E-state index contributed by atoms with van der Waals surface area (Å²) in [7, 11) is 1.53. The Hall–Kier alpha value is -3.37. The van der Waals surface area contributed by atoms with Crippen LogP contribution in [-0.2, 0) is 16.8 Å². The molecule has 0 saturated heterocycles. The molecule has 1 saturated carbocycles. The lowest BCUT2D eigenvalue weighted by Crippen LogP contribution is -2.07. The van der Waals surface area contributed by atoms with Gasteiger partial charge in [0.25, 0.3) is 0 Å². The van der Waals surface area contributed by atoms with E-state index in [4.69, 9.17) is 9.47 Å². The summed E-state index contributed by atoms with van der Waals surface area (Å²) >= 11 is 3.33. The summed E-state index contributed by atoms with van der Waals surface area (Å²) < 4.78 is 28.0. The molecule has 2 aromatic heterocycles. The first-order valence-electron chi connectivity index (χ1n) is 13.1. The fourth-order valence-corrected chi connectivity index (χ4v) is 6.80. The molecule has 40 heavy (non-hydrogen) atoms. The third-order valence-corrected chi connectivity index (χ3v) is 9.69. The van der Waals surface area contributed by atoms with Gasteiger partial charge in [0.2, 0.25) is 0 Å². The van der Waals surface area contributed by atoms with Crippen molar-refractivity contribution in [1.29, 1.82) is 0 Å². The van der Waals surface area contributed by atoms with Crippen molar-refractivity contribution >= 4 is 29.1 Å². The van der Waals surface area contributed by atoms with Crippen LogP contribution in [0.25, 0.3) is 16.3 Å². The van der Waals surface area contributed by atoms with Crippen LogP contribution in [0.5, 0.6) is 11.5 Å². The maximum atomic E-state index is 15.0. The largest absolute Gasteiger partial charge is 0.497 e. The molecular weight excluding hydrogens is 549 g/mol. The zero-order valence-electron chi connectivity index (χ0n) is 22.9. The van der Waals surface area contributed by atoms with E-state index in [1.54, 1.807) is 35.2 Å². The van der Waals surface area contributed by atoms with Crippen LogP contribution >= 0.6 is 23.1 Å². The fourth-order valence-electron chi connectivity index (χ4n) is 4.27. The number of aromatic nitrogens is 3. The van der Waals surface area contributed by atoms with Crippen LogP contribution < -0.4 is 9.47 Å². The monoisotopic (exact) mass is 581 g/mol. The molecule has 1 N–H and O–H groups in total. The molecule has 10 heteroatoms. The Morgan fingerprint density at radius 1 is 1.18 bits per heavy atom. The van der Waals surface area contributed by atoms with E-state index >= 15 is 4.39 Å². The quantitative estimate of drug-likeness (QED) is 0.197. The number of halogens is 1. The highest BCUT2D eigenvalue weighted by Crippen LogP contribution is 2.45. The van der Waals surface area contributed by atoms with Crippen molar-refractivity contribution < 1.29 is 23.8 Å². The molecule has 2 heterocycles. The zero-order chi connectivity index (χ0) is 28.4. The van der Waals surface area contributed by atoms with Crippen LogP contribution in [0, 0.1) is 5.82 Å². The van der Waals surface area contributed by atoms with Gasteiger partial charge in [-0.2, -0.15) is 0 Å². The molecule has 1 aliphatic carbocycles. The van der Waals surface area contributed by atoms with Gasteiger partial charge in [-0.1, -0.05) is 38.1 Å². The van der Waals surface area contributed by atoms with Gasteiger partial charge in [-0.3, -0.25) is 4.79 Å². The summed E-state index contributed by atoms with van der Waals surface area (Å²) in [5, 5.41) is 18.6. The van der Waals surface area contributed by atoms with Crippen LogP contribution in [0.4, 0.5) is 4.39 Å². The second kappa shape index (κ2) is 11.6. The van der Waals surface area contributed by atoms with Gasteiger partial charge in [0.05, 0.1) is 18.4 Å². The minimum Gasteiger partial charge on any atom is -0.497 e. The Bertz CT molecular complexity index is 1510. The number of aliphatic carboxylic acids is 1. The van der Waals surface area contributed by atoms with E-state index in [0.29, 0.717) is 28.1 Å². The van der Waals surface area contributed by atoms with Gasteiger partial charge in [0.15, 0.2) is 0 Å². The van der Waals surface area contributed by atoms with Crippen molar-refractivity contribution in [3.8, 4) is 27.8 Å². The smallest absolute Gasteiger partial charge is 0.304 e. The summed E-state index contributed by atoms with van der Waals surface area (Å²) in [6.07, 6.45) is 2.32. The number of carboxylic acids is 1. The molecule has 2 aromatic carbocycles. The zero-order valence-corrected chi connectivity index (χ0v) is 24.5. The molecule has 0 bridgehead atoms. The lowest BCUT2D eigenvalue weighted by Gasteiger charge is -2.16. The van der Waals surface area contributed by atoms with Crippen molar-refractivity contribution in [1.82, 2.24) is 15.0 Å². The van der Waals surface area contributed by atoms with Crippen LogP contribution in [0.2, 0.25) is 0 Å². The minimum atomic E-state index is -0.818. The Kier molecular flexibility index (Phi) is 8.19. The molecule has 0 aliphatic heterocycles. The molecule has 0 amide bonds. The molecular formula is C30H32FN3O4S2. The third-order valence-electron chi connectivity index (χ3n) is 6.55. The highest BCUT2D eigenvalue weighted by molar-refractivity contribution is 8.00. The maximum absolute atomic E-state index is 15.0. The predicted octanol–water partition coefficient (Wildman–Crippen LogP) is 7.43. The SMILES string of the molecule is COc1ccc(F)c(-n2nnc(COc3cccc(C(CC(=O)O)SC4CC4)c3)c2-c2ccc(C(C)(C)C)s2)c1. The third kappa shape index (κ3) is 6.50. The topological polar surface area (TPSA) is 86.5 Å². The van der Waals surface area contributed by atoms with E-state index in [0.717, 1.165) is 23.3 Å². The van der Waals surface area contributed by atoms with Gasteiger partial charge in [-0.25, -0.2) is 9.07 Å². The van der Waals surface area contributed by atoms with Crippen LogP contribution in [0.15, 0.2) is 54.6 Å². The normalized spacial score (nSPS) is 14.2. The summed E-state index contributed by atoms with van der Waals surface area (Å²) in [5.74, 6) is -0.147. The van der Waals surface area contributed by atoms with E-state index in [9.17, 15) is 9.90 Å². The molecule has 0 radical (unpaired) electrons. The molecule has 1 aliphatic rings. The lowest BCUT2D eigenvalue weighted by molar-refractivity contribution is -0.137. The number of carboxylic acid groups (broad SMARTS) is 1. The van der Waals surface area contributed by atoms with Gasteiger partial charge in [-0.15, -0.1) is 28.2 Å². The van der Waals surface area contributed by atoms with Crippen molar-refractivity contribution in [3.63, 3.8) is 0 Å². The summed E-state index contributed by atoms with van der Waals surface area (Å²) in [6.45, 7) is 6.55. The van der Waals surface area contributed by atoms with E-state index in [1.165, 1.54) is 22.7 Å². The highest BCUT2D eigenvalue weighted by Gasteiger charge is 2.29. The number of thiophene rings is 1. The number of hydrogen-bond acceptors (Lipinski definition) is 7. The summed E-state index contributed by atoms with van der Waals surface area (Å²) in [6, 6.07) is 16.2. The predicted molar refractivity (Wildman–Crippen MR) is 156 cm³/mol. The molecule has 7 nitrogen and oxygen atoms in total. The van der Waals surface area contributed by atoms with Gasteiger partial charge in [0.1, 0.15) is 41.0 Å². The van der Waals surface area contributed by atoms with Crippen molar-refractivity contribution in [2.75, 3.05) is 7.11 Å². The minimum absolute atomic E-state index is 0.0511. The Morgan fingerprint density at radius 2 is 1.98 bits per heavy atom. The number of carbonyl (C=O) groups is 1. The molecule has 1 unspecified atom stereocenters. The first-order valence-corrected chi connectivity index (χ1v) is 14.9. The molecule has 5 rings (SSSR count). The van der Waals surface area contributed by atoms with Gasteiger partial charge in [0, 0.05) is 21.4 Å². The second-order valence-corrected chi connectivity index (χ2v) is 13.4. The molecule has 0 spiro atoms. The Morgan fingerprint density at radius 3 is 2.65 bits per heavy atom. The summed E-state index contributed by atoms with van der Waals surface area (Å²) in [5.41, 5.74) is 2.31. The van der Waals surface area contributed by atoms with Gasteiger partial charge < -0.3 is 14.6 Å². The molecule has 4 aromatic rings. The van der Waals surface area contributed by atoms with E-state index in [-0.39, 0.29) is 29.4 Å². The van der Waals surface area contributed by atoms with Crippen molar-refractivity contribution in [3.05, 3.63) is 76.5 Å². The molecule has 1 atom stereocenters. The van der Waals surface area contributed by atoms with Gasteiger partial charge in [-0.05, 0) is 60.2 Å². The van der Waals surface area contributed by atoms with Crippen LogP contribution in [0.3, 0.4) is 0 Å². The van der Waals surface area contributed by atoms with Gasteiger partial charge >= 0.3 is 5.97 Å². The average molecular weight is 582 g/mol. The van der Waals surface area contributed by atoms with E-state index in [1.807, 2.05) is 30.3 Å². The van der Waals surface area contributed by atoms with Crippen molar-refractivity contribution in [2.45, 2.75) is 62.6 Å². The number of nitrogens with zero attached hydrogens (tertiary/aromatic N) is 3. The van der Waals surface area contributed by atoms with E-state index in [2.05, 4.69) is 37.1 Å². The number of ether oxygens (including phenoxy) is 2. The lowest BCUT2D eigenvalue weighted by atomic mass is 9.95. The number of benzene rings is 2. The summed E-state index contributed by atoms with van der Waals surface area (Å²) in [4.78, 5) is 13.6. The first kappa shape index (κ1) is 28.2. The average Bonchev–Trinajstić information content (AvgIpc) is 3.41. The number of methoxy groups -OCH3 is 1. The number of rotatable bonds is 11. The van der Waals surface area contributed by atoms with Crippen molar-refractivity contribution in [2.24, 2.45) is 0 Å². The van der Waals surface area contributed by atoms with Crippen LogP contribution in [0.1, 0.15) is 61.4 Å². The first-order chi connectivity index (χ1) is 19.1. The highest BCUT2D eigenvalue weighted by atomic mass is 32.2. The standard InChI is InChI=1S/C30H32FN3O4S2/c1-30(2,3)27-13-12-25(40-27)29-23(32-33-34(29)24-15-19(37-4)8-11-22(24)31)17-38-20-7-5-6-18(14-20)26(16-28(35)36)39-21-9-10-21/h5-8,11-15,21,26H,9-10,16-17H2,1-4H3,(H,35,36). The van der Waals surface area contributed by atoms with Crippen LogP contribution in [-0.4, -0.2) is 38.4 Å². The molecule has 1 fully saturated rings. The Labute approximate surface area is 241 Å². The second-order valence-electron chi connectivity index (χ2n) is 10.8. The Balaban J connectivity index is 1.47. The van der Waals surface area contributed by atoms with E-state index < -0.39 is 11.8 Å².